The quantitative estimate of drug-likeness (QED) is 0.542. The van der Waals surface area contributed by atoms with E-state index in [1.807, 2.05) is 10.0 Å². The molecule has 0 aliphatic heterocycles. The van der Waals surface area contributed by atoms with Gasteiger partial charge < -0.3 is 10.1 Å². The lowest BCUT2D eigenvalue weighted by Crippen LogP contribution is -2.50. The van der Waals surface area contributed by atoms with Crippen LogP contribution < -0.4 is 15.4 Å². The van der Waals surface area contributed by atoms with E-state index in [2.05, 4.69) is 5.32 Å². The molecule has 0 aromatic heterocycles. The van der Waals surface area contributed by atoms with E-state index in [-0.39, 0.29) is 11.3 Å². The average molecular weight is 483 g/mol. The summed E-state index contributed by atoms with van der Waals surface area (Å²) < 4.78 is 59.5. The predicted octanol–water partition coefficient (Wildman–Crippen LogP) is 2.94. The number of rotatable bonds is 6. The van der Waals surface area contributed by atoms with Crippen molar-refractivity contribution in [1.82, 2.24) is 10.6 Å². The van der Waals surface area contributed by atoms with Gasteiger partial charge >= 0.3 is 12.0 Å². The minimum Gasteiger partial charge on any atom is -0.449 e. The summed E-state index contributed by atoms with van der Waals surface area (Å²) in [7, 11) is -4.61. The Labute approximate surface area is 189 Å². The first kappa shape index (κ1) is 25.7. The number of carbonyl (C=O) groups is 3. The maximum Gasteiger partial charge on any atom is 0.341 e. The van der Waals surface area contributed by atoms with Crippen LogP contribution in [0.5, 0.6) is 0 Å². The van der Waals surface area contributed by atoms with Gasteiger partial charge in [0.2, 0.25) is 0 Å². The van der Waals surface area contributed by atoms with Gasteiger partial charge in [0.25, 0.3) is 15.9 Å². The number of esters is 1. The fourth-order valence-corrected chi connectivity index (χ4v) is 3.67. The molecular weight excluding hydrogens is 460 g/mol. The maximum atomic E-state index is 13.9. The third-order valence-corrected chi connectivity index (χ3v) is 5.33. The number of urea groups is 1. The molecule has 33 heavy (non-hydrogen) atoms. The smallest absolute Gasteiger partial charge is 0.341 e. The average Bonchev–Trinajstić information content (AvgIpc) is 2.68. The largest absolute Gasteiger partial charge is 0.449 e. The summed E-state index contributed by atoms with van der Waals surface area (Å²) >= 11 is 0. The minimum absolute atomic E-state index is 0.288. The van der Waals surface area contributed by atoms with Crippen LogP contribution in [0.4, 0.5) is 19.3 Å². The Bertz CT molecular complexity index is 1180. The van der Waals surface area contributed by atoms with Gasteiger partial charge in [0.15, 0.2) is 6.10 Å². The number of imide groups is 1. The molecule has 178 valence electrons. The van der Waals surface area contributed by atoms with Crippen LogP contribution in [0.2, 0.25) is 0 Å². The van der Waals surface area contributed by atoms with Gasteiger partial charge in [-0.05, 0) is 58.0 Å². The van der Waals surface area contributed by atoms with E-state index >= 15 is 0 Å². The normalized spacial score (nSPS) is 12.4. The van der Waals surface area contributed by atoms with E-state index in [1.54, 1.807) is 20.8 Å². The molecule has 0 radical (unpaired) electrons. The molecule has 0 aliphatic rings. The zero-order valence-electron chi connectivity index (χ0n) is 18.2. The van der Waals surface area contributed by atoms with Crippen LogP contribution in [0.3, 0.4) is 0 Å². The van der Waals surface area contributed by atoms with E-state index in [4.69, 9.17) is 4.74 Å². The molecule has 0 bridgehead atoms. The summed E-state index contributed by atoms with van der Waals surface area (Å²) in [6.07, 6.45) is -1.41. The first-order chi connectivity index (χ1) is 15.2. The van der Waals surface area contributed by atoms with Crippen LogP contribution in [0.25, 0.3) is 0 Å². The minimum atomic E-state index is -4.61. The van der Waals surface area contributed by atoms with Gasteiger partial charge in [-0.25, -0.2) is 26.8 Å². The lowest BCUT2D eigenvalue weighted by molar-refractivity contribution is -0.127. The number of ether oxygens (including phenoxy) is 1. The Morgan fingerprint density at radius 2 is 1.67 bits per heavy atom. The number of amides is 3. The van der Waals surface area contributed by atoms with Crippen LogP contribution in [-0.2, 0) is 19.6 Å². The van der Waals surface area contributed by atoms with Crippen molar-refractivity contribution in [3.8, 4) is 0 Å². The van der Waals surface area contributed by atoms with Crippen molar-refractivity contribution in [1.29, 1.82) is 0 Å². The molecule has 1 atom stereocenters. The van der Waals surface area contributed by atoms with E-state index < -0.39 is 56.1 Å². The Hall–Kier alpha value is -3.54. The second-order valence-electron chi connectivity index (χ2n) is 7.97. The summed E-state index contributed by atoms with van der Waals surface area (Å²) in [6.45, 7) is 6.32. The van der Waals surface area contributed by atoms with E-state index in [9.17, 15) is 31.6 Å². The zero-order chi connectivity index (χ0) is 25.0. The van der Waals surface area contributed by atoms with Crippen molar-refractivity contribution >= 4 is 33.6 Å². The van der Waals surface area contributed by atoms with Gasteiger partial charge in [-0.15, -0.1) is 0 Å². The molecule has 3 amide bonds. The number of sulfonamides is 1. The SMILES string of the molecule is CC(OC(=O)c1ccccc1NS(=O)(=O)c1cc(F)ccc1F)C(=O)NC(=O)NC(C)(C)C. The van der Waals surface area contributed by atoms with Crippen molar-refractivity contribution in [3.05, 3.63) is 59.7 Å². The molecule has 0 fully saturated rings. The Balaban J connectivity index is 2.17. The molecule has 9 nitrogen and oxygen atoms in total. The molecule has 0 heterocycles. The number of halogens is 2. The highest BCUT2D eigenvalue weighted by molar-refractivity contribution is 7.92. The summed E-state index contributed by atoms with van der Waals surface area (Å²) in [5, 5.41) is 4.53. The van der Waals surface area contributed by atoms with E-state index in [1.165, 1.54) is 31.2 Å². The lowest BCUT2D eigenvalue weighted by Gasteiger charge is -2.21. The Morgan fingerprint density at radius 1 is 1.03 bits per heavy atom. The number of nitrogens with one attached hydrogen (secondary N) is 3. The topological polar surface area (TPSA) is 131 Å². The van der Waals surface area contributed by atoms with Gasteiger partial charge in [-0.1, -0.05) is 12.1 Å². The van der Waals surface area contributed by atoms with E-state index in [0.717, 1.165) is 6.07 Å². The molecule has 1 unspecified atom stereocenters. The highest BCUT2D eigenvalue weighted by Gasteiger charge is 2.26. The number of carbonyl (C=O) groups excluding carboxylic acids is 3. The molecule has 2 aromatic rings. The zero-order valence-corrected chi connectivity index (χ0v) is 19.0. The van der Waals surface area contributed by atoms with Crippen LogP contribution >= 0.6 is 0 Å². The molecule has 2 rings (SSSR count). The second-order valence-corrected chi connectivity index (χ2v) is 9.62. The monoisotopic (exact) mass is 483 g/mol. The first-order valence-electron chi connectivity index (χ1n) is 9.60. The molecule has 2 aromatic carbocycles. The summed E-state index contributed by atoms with van der Waals surface area (Å²) in [6, 6.07) is 6.32. The third kappa shape index (κ3) is 7.24. The number of hydrogen-bond donors (Lipinski definition) is 3. The molecular formula is C21H23F2N3O6S. The number of anilines is 1. The Kier molecular flexibility index (Phi) is 7.75. The first-order valence-corrected chi connectivity index (χ1v) is 11.1. The van der Waals surface area contributed by atoms with Crippen LogP contribution in [0.1, 0.15) is 38.1 Å². The molecule has 0 aliphatic carbocycles. The third-order valence-electron chi connectivity index (χ3n) is 3.95. The molecule has 0 saturated carbocycles. The summed E-state index contributed by atoms with van der Waals surface area (Å²) in [4.78, 5) is 35.6. The summed E-state index contributed by atoms with van der Waals surface area (Å²) in [5.74, 6) is -4.17. The van der Waals surface area contributed by atoms with Crippen molar-refractivity contribution in [3.63, 3.8) is 0 Å². The summed E-state index contributed by atoms with van der Waals surface area (Å²) in [5.41, 5.74) is -1.19. The predicted molar refractivity (Wildman–Crippen MR) is 115 cm³/mol. The standard InChI is InChI=1S/C21H23F2N3O6S/c1-12(18(27)24-20(29)25-21(2,3)4)32-19(28)14-7-5-6-8-16(14)26-33(30,31)17-11-13(22)9-10-15(17)23/h5-12,26H,1-4H3,(H2,24,25,27,29). The van der Waals surface area contributed by atoms with Gasteiger partial charge in [0, 0.05) is 5.54 Å². The fraction of sp³-hybridized carbons (Fsp3) is 0.286. The Morgan fingerprint density at radius 3 is 2.30 bits per heavy atom. The number of para-hydroxylation sites is 1. The van der Waals surface area contributed by atoms with Crippen LogP contribution in [0, 0.1) is 11.6 Å². The maximum absolute atomic E-state index is 13.9. The molecule has 0 spiro atoms. The van der Waals surface area contributed by atoms with Crippen LogP contribution in [0.15, 0.2) is 47.4 Å². The lowest BCUT2D eigenvalue weighted by atomic mass is 10.1. The van der Waals surface area contributed by atoms with Crippen molar-refractivity contribution < 1.29 is 36.3 Å². The van der Waals surface area contributed by atoms with Crippen LogP contribution in [-0.4, -0.2) is 38.0 Å². The molecule has 12 heteroatoms. The van der Waals surface area contributed by atoms with Gasteiger partial charge in [0.1, 0.15) is 16.5 Å². The number of benzene rings is 2. The highest BCUT2D eigenvalue weighted by atomic mass is 32.2. The molecule has 0 saturated heterocycles. The van der Waals surface area contributed by atoms with E-state index in [0.29, 0.717) is 12.1 Å². The van der Waals surface area contributed by atoms with Gasteiger partial charge in [-0.3, -0.25) is 14.8 Å². The molecule has 3 N–H and O–H groups in total. The highest BCUT2D eigenvalue weighted by Crippen LogP contribution is 2.23. The second kappa shape index (κ2) is 9.94. The van der Waals surface area contributed by atoms with Gasteiger partial charge in [-0.2, -0.15) is 0 Å². The van der Waals surface area contributed by atoms with Crippen molar-refractivity contribution in [2.75, 3.05) is 4.72 Å². The van der Waals surface area contributed by atoms with Gasteiger partial charge in [0.05, 0.1) is 11.3 Å². The van der Waals surface area contributed by atoms with Crippen molar-refractivity contribution in [2.45, 2.75) is 44.2 Å². The number of hydrogen-bond acceptors (Lipinski definition) is 6. The van der Waals surface area contributed by atoms with Crippen molar-refractivity contribution in [2.24, 2.45) is 0 Å². The fourth-order valence-electron chi connectivity index (χ4n) is 2.50.